The number of guanidine groups is 1. The summed E-state index contributed by atoms with van der Waals surface area (Å²) in [5, 5.41) is 1.17. The number of thioether (sulfide) groups is 1. The molecule has 0 amide bonds. The van der Waals surface area contributed by atoms with Gasteiger partial charge >= 0.3 is 0 Å². The molecular formula is C13H16N4S. The molecule has 0 bridgehead atoms. The van der Waals surface area contributed by atoms with Gasteiger partial charge in [0.25, 0.3) is 0 Å². The molecule has 0 aliphatic carbocycles. The van der Waals surface area contributed by atoms with Crippen molar-refractivity contribution in [2.45, 2.75) is 5.75 Å². The molecule has 0 aliphatic heterocycles. The second-order valence-electron chi connectivity index (χ2n) is 3.85. The van der Waals surface area contributed by atoms with Gasteiger partial charge in [0.1, 0.15) is 0 Å². The van der Waals surface area contributed by atoms with Gasteiger partial charge in [0, 0.05) is 16.9 Å². The van der Waals surface area contributed by atoms with Crippen molar-refractivity contribution in [3.05, 3.63) is 42.1 Å². The molecule has 0 unspecified atom stereocenters. The first-order valence-corrected chi connectivity index (χ1v) is 6.89. The van der Waals surface area contributed by atoms with Crippen LogP contribution in [0.5, 0.6) is 0 Å². The molecule has 0 saturated heterocycles. The molecule has 1 heterocycles. The molecular weight excluding hydrogens is 244 g/mol. The highest BCUT2D eigenvalue weighted by atomic mass is 32.2. The summed E-state index contributed by atoms with van der Waals surface area (Å²) >= 11 is 1.78. The van der Waals surface area contributed by atoms with Gasteiger partial charge in [-0.3, -0.25) is 9.98 Å². The van der Waals surface area contributed by atoms with E-state index >= 15 is 0 Å². The Morgan fingerprint density at radius 2 is 2.00 bits per heavy atom. The Kier molecular flexibility index (Phi) is 4.41. The standard InChI is InChI=1S/C13H16N4S/c14-13(15)16-7-8-18-9-11-6-5-10-3-1-2-4-12(10)17-11/h1-6H,7-9H2,(H4,14,15,16). The Hall–Kier alpha value is -1.75. The van der Waals surface area contributed by atoms with Crippen molar-refractivity contribution in [3.8, 4) is 0 Å². The zero-order chi connectivity index (χ0) is 12.8. The first kappa shape index (κ1) is 12.7. The van der Waals surface area contributed by atoms with E-state index in [1.807, 2.05) is 18.2 Å². The molecule has 5 heteroatoms. The predicted octanol–water partition coefficient (Wildman–Crippen LogP) is 1.74. The summed E-state index contributed by atoms with van der Waals surface area (Å²) in [7, 11) is 0. The van der Waals surface area contributed by atoms with Crippen molar-refractivity contribution in [2.24, 2.45) is 16.5 Å². The van der Waals surface area contributed by atoms with Crippen LogP contribution in [0.3, 0.4) is 0 Å². The summed E-state index contributed by atoms with van der Waals surface area (Å²) in [5.41, 5.74) is 12.6. The van der Waals surface area contributed by atoms with Gasteiger partial charge in [-0.2, -0.15) is 11.8 Å². The fourth-order valence-corrected chi connectivity index (χ4v) is 2.34. The number of nitrogens with zero attached hydrogens (tertiary/aromatic N) is 2. The summed E-state index contributed by atoms with van der Waals surface area (Å²) in [6, 6.07) is 12.3. The molecule has 4 nitrogen and oxygen atoms in total. The molecule has 4 N–H and O–H groups in total. The normalized spacial score (nSPS) is 10.4. The van der Waals surface area contributed by atoms with Gasteiger partial charge in [0.05, 0.1) is 17.8 Å². The van der Waals surface area contributed by atoms with Crippen molar-refractivity contribution < 1.29 is 0 Å². The highest BCUT2D eigenvalue weighted by Crippen LogP contribution is 2.15. The number of pyridine rings is 1. The minimum Gasteiger partial charge on any atom is -0.370 e. The highest BCUT2D eigenvalue weighted by molar-refractivity contribution is 7.98. The number of para-hydroxylation sites is 1. The average Bonchev–Trinajstić information content (AvgIpc) is 2.38. The summed E-state index contributed by atoms with van der Waals surface area (Å²) in [5.74, 6) is 1.93. The van der Waals surface area contributed by atoms with E-state index in [-0.39, 0.29) is 5.96 Å². The number of hydrogen-bond acceptors (Lipinski definition) is 3. The van der Waals surface area contributed by atoms with Crippen LogP contribution in [-0.2, 0) is 5.75 Å². The largest absolute Gasteiger partial charge is 0.370 e. The molecule has 0 saturated carbocycles. The van der Waals surface area contributed by atoms with Crippen LogP contribution in [-0.4, -0.2) is 23.2 Å². The van der Waals surface area contributed by atoms with Crippen LogP contribution in [0.1, 0.15) is 5.69 Å². The molecule has 0 spiro atoms. The Bertz CT molecular complexity index is 549. The number of fused-ring (bicyclic) bond motifs is 1. The molecule has 18 heavy (non-hydrogen) atoms. The molecule has 1 aromatic heterocycles. The third-order valence-corrected chi connectivity index (χ3v) is 3.41. The van der Waals surface area contributed by atoms with Gasteiger partial charge in [-0.15, -0.1) is 0 Å². The lowest BCUT2D eigenvalue weighted by Gasteiger charge is -2.02. The fraction of sp³-hybridized carbons (Fsp3) is 0.231. The maximum atomic E-state index is 5.25. The van der Waals surface area contributed by atoms with Gasteiger partial charge in [-0.1, -0.05) is 24.3 Å². The zero-order valence-corrected chi connectivity index (χ0v) is 10.9. The Morgan fingerprint density at radius 3 is 2.83 bits per heavy atom. The van der Waals surface area contributed by atoms with E-state index in [1.165, 1.54) is 5.39 Å². The maximum Gasteiger partial charge on any atom is 0.185 e. The maximum absolute atomic E-state index is 5.25. The van der Waals surface area contributed by atoms with E-state index in [9.17, 15) is 0 Å². The van der Waals surface area contributed by atoms with Crippen molar-refractivity contribution >= 4 is 28.6 Å². The molecule has 0 radical (unpaired) electrons. The summed E-state index contributed by atoms with van der Waals surface area (Å²) in [6.07, 6.45) is 0. The minimum atomic E-state index is 0.152. The quantitative estimate of drug-likeness (QED) is 0.488. The Morgan fingerprint density at radius 1 is 1.17 bits per heavy atom. The lowest BCUT2D eigenvalue weighted by atomic mass is 10.2. The van der Waals surface area contributed by atoms with E-state index in [2.05, 4.69) is 28.2 Å². The third-order valence-electron chi connectivity index (χ3n) is 2.44. The van der Waals surface area contributed by atoms with E-state index in [0.717, 1.165) is 22.7 Å². The molecule has 2 aromatic rings. The van der Waals surface area contributed by atoms with Gasteiger partial charge < -0.3 is 11.5 Å². The van der Waals surface area contributed by atoms with Gasteiger partial charge in [-0.25, -0.2) is 0 Å². The second kappa shape index (κ2) is 6.26. The third kappa shape index (κ3) is 3.63. The van der Waals surface area contributed by atoms with E-state index in [1.54, 1.807) is 11.8 Å². The van der Waals surface area contributed by atoms with Crippen LogP contribution in [0, 0.1) is 0 Å². The number of aliphatic imine (C=N–C) groups is 1. The Balaban J connectivity index is 1.90. The molecule has 0 aliphatic rings. The number of hydrogen-bond donors (Lipinski definition) is 2. The van der Waals surface area contributed by atoms with Crippen molar-refractivity contribution in [2.75, 3.05) is 12.3 Å². The molecule has 0 atom stereocenters. The highest BCUT2D eigenvalue weighted by Gasteiger charge is 1.98. The summed E-state index contributed by atoms with van der Waals surface area (Å²) in [4.78, 5) is 8.54. The first-order chi connectivity index (χ1) is 8.75. The van der Waals surface area contributed by atoms with Crippen LogP contribution in [0.15, 0.2) is 41.4 Å². The lowest BCUT2D eigenvalue weighted by molar-refractivity contribution is 1.12. The van der Waals surface area contributed by atoms with Crippen LogP contribution >= 0.6 is 11.8 Å². The second-order valence-corrected chi connectivity index (χ2v) is 4.96. The smallest absolute Gasteiger partial charge is 0.185 e. The number of rotatable bonds is 5. The Labute approximate surface area is 110 Å². The first-order valence-electron chi connectivity index (χ1n) is 5.73. The predicted molar refractivity (Wildman–Crippen MR) is 78.6 cm³/mol. The van der Waals surface area contributed by atoms with Crippen molar-refractivity contribution in [3.63, 3.8) is 0 Å². The molecule has 0 fully saturated rings. The summed E-state index contributed by atoms with van der Waals surface area (Å²) in [6.45, 7) is 0.653. The monoisotopic (exact) mass is 260 g/mol. The van der Waals surface area contributed by atoms with Gasteiger partial charge in [0.2, 0.25) is 0 Å². The van der Waals surface area contributed by atoms with E-state index in [0.29, 0.717) is 6.54 Å². The van der Waals surface area contributed by atoms with Crippen LogP contribution in [0.25, 0.3) is 10.9 Å². The topological polar surface area (TPSA) is 77.3 Å². The fourth-order valence-electron chi connectivity index (χ4n) is 1.60. The summed E-state index contributed by atoms with van der Waals surface area (Å²) < 4.78 is 0. The van der Waals surface area contributed by atoms with Crippen LogP contribution < -0.4 is 11.5 Å². The van der Waals surface area contributed by atoms with Crippen molar-refractivity contribution in [1.29, 1.82) is 0 Å². The SMILES string of the molecule is NC(N)=NCCSCc1ccc2ccccc2n1. The number of benzene rings is 1. The van der Waals surface area contributed by atoms with Crippen molar-refractivity contribution in [1.82, 2.24) is 4.98 Å². The van der Waals surface area contributed by atoms with Gasteiger partial charge in [-0.05, 0) is 12.1 Å². The van der Waals surface area contributed by atoms with E-state index in [4.69, 9.17) is 11.5 Å². The number of aromatic nitrogens is 1. The lowest BCUT2D eigenvalue weighted by Crippen LogP contribution is -2.23. The van der Waals surface area contributed by atoms with Gasteiger partial charge in [0.15, 0.2) is 5.96 Å². The van der Waals surface area contributed by atoms with Crippen LogP contribution in [0.2, 0.25) is 0 Å². The number of nitrogens with two attached hydrogens (primary N) is 2. The van der Waals surface area contributed by atoms with Crippen LogP contribution in [0.4, 0.5) is 0 Å². The molecule has 1 aromatic carbocycles. The minimum absolute atomic E-state index is 0.152. The average molecular weight is 260 g/mol. The van der Waals surface area contributed by atoms with E-state index < -0.39 is 0 Å². The molecule has 2 rings (SSSR count). The zero-order valence-electron chi connectivity index (χ0n) is 10.0. The molecule has 94 valence electrons.